The maximum Gasteiger partial charge on any atom is 0.143 e. The molecular weight excluding hydrogens is 156 g/mol. The molecule has 1 saturated carbocycles. The lowest BCUT2D eigenvalue weighted by Gasteiger charge is -2.36. The van der Waals surface area contributed by atoms with Crippen LogP contribution in [0.5, 0.6) is 0 Å². The molecule has 1 saturated heterocycles. The molecule has 1 aliphatic carbocycles. The number of carbonyl (C=O) groups excluding carboxylic acids is 1. The molecule has 0 aromatic heterocycles. The smallest absolute Gasteiger partial charge is 0.143 e. The van der Waals surface area contributed by atoms with Gasteiger partial charge in [0.15, 0.2) is 0 Å². The molecule has 1 aliphatic heterocycles. The molecule has 0 aromatic carbocycles. The first-order valence-electron chi connectivity index (χ1n) is 4.53. The maximum absolute atomic E-state index is 11.5. The van der Waals surface area contributed by atoms with E-state index in [1.165, 1.54) is 0 Å². The van der Waals surface area contributed by atoms with Crippen molar-refractivity contribution in [2.24, 2.45) is 17.8 Å². The molecule has 2 fully saturated rings. The molecule has 68 valence electrons. The molecule has 0 amide bonds. The van der Waals surface area contributed by atoms with E-state index >= 15 is 0 Å². The monoisotopic (exact) mass is 170 g/mol. The fraction of sp³-hybridized carbons (Fsp3) is 0.889. The van der Waals surface area contributed by atoms with E-state index in [4.69, 9.17) is 9.84 Å². The second-order valence-corrected chi connectivity index (χ2v) is 3.85. The van der Waals surface area contributed by atoms with Crippen LogP contribution in [0.1, 0.15) is 12.8 Å². The summed E-state index contributed by atoms with van der Waals surface area (Å²) in [6.45, 7) is 1.37. The average Bonchev–Trinajstić information content (AvgIpc) is 2.04. The summed E-state index contributed by atoms with van der Waals surface area (Å²) in [5.41, 5.74) is 0. The van der Waals surface area contributed by atoms with Crippen molar-refractivity contribution in [3.8, 4) is 0 Å². The Labute approximate surface area is 71.7 Å². The second kappa shape index (κ2) is 3.15. The van der Waals surface area contributed by atoms with E-state index < -0.39 is 0 Å². The van der Waals surface area contributed by atoms with Gasteiger partial charge in [0, 0.05) is 18.4 Å². The van der Waals surface area contributed by atoms with E-state index in [0.29, 0.717) is 24.9 Å². The Morgan fingerprint density at radius 2 is 1.92 bits per heavy atom. The molecule has 2 bridgehead atoms. The third-order valence-electron chi connectivity index (χ3n) is 2.94. The predicted octanol–water partition coefficient (Wildman–Crippen LogP) is 0.220. The first-order valence-corrected chi connectivity index (χ1v) is 4.53. The average molecular weight is 170 g/mol. The molecule has 3 atom stereocenters. The number of hydrogen-bond donors (Lipinski definition) is 1. The minimum absolute atomic E-state index is 0.0784. The van der Waals surface area contributed by atoms with Crippen LogP contribution in [-0.2, 0) is 9.53 Å². The number of aliphatic hydroxyl groups is 1. The van der Waals surface area contributed by atoms with Crippen LogP contribution in [0.25, 0.3) is 0 Å². The maximum atomic E-state index is 11.5. The molecule has 3 nitrogen and oxygen atoms in total. The molecule has 1 unspecified atom stereocenters. The van der Waals surface area contributed by atoms with Gasteiger partial charge in [0.05, 0.1) is 13.2 Å². The highest BCUT2D eigenvalue weighted by Crippen LogP contribution is 2.33. The highest BCUT2D eigenvalue weighted by molar-refractivity contribution is 5.85. The molecular formula is C9H14O3. The van der Waals surface area contributed by atoms with Crippen LogP contribution in [0.15, 0.2) is 0 Å². The number of Topliss-reactive ketones (excluding diaryl/α,β-unsaturated/α-hetero) is 1. The summed E-state index contributed by atoms with van der Waals surface area (Å²) in [5, 5.41) is 8.98. The Morgan fingerprint density at radius 3 is 2.42 bits per heavy atom. The second-order valence-electron chi connectivity index (χ2n) is 3.85. The van der Waals surface area contributed by atoms with Crippen LogP contribution in [0.2, 0.25) is 0 Å². The quantitative estimate of drug-likeness (QED) is 0.612. The number of aliphatic hydroxyl groups excluding tert-OH is 1. The zero-order chi connectivity index (χ0) is 8.55. The first kappa shape index (κ1) is 8.20. The number of hydrogen-bond acceptors (Lipinski definition) is 3. The highest BCUT2D eigenvalue weighted by Gasteiger charge is 2.39. The van der Waals surface area contributed by atoms with Crippen molar-refractivity contribution >= 4 is 5.78 Å². The minimum Gasteiger partial charge on any atom is -0.396 e. The van der Waals surface area contributed by atoms with Gasteiger partial charge in [-0.1, -0.05) is 0 Å². The lowest BCUT2D eigenvalue weighted by Crippen LogP contribution is -2.43. The predicted molar refractivity (Wildman–Crippen MR) is 42.6 cm³/mol. The summed E-state index contributed by atoms with van der Waals surface area (Å²) >= 11 is 0. The van der Waals surface area contributed by atoms with Crippen molar-refractivity contribution in [3.05, 3.63) is 0 Å². The van der Waals surface area contributed by atoms with Gasteiger partial charge < -0.3 is 9.84 Å². The van der Waals surface area contributed by atoms with E-state index in [-0.39, 0.29) is 18.4 Å². The SMILES string of the molecule is O=C1[C@@H]2COC[C@H]1CC(CO)C2. The Bertz CT molecular complexity index is 174. The summed E-state index contributed by atoms with van der Waals surface area (Å²) < 4.78 is 5.30. The topological polar surface area (TPSA) is 46.5 Å². The van der Waals surface area contributed by atoms with E-state index in [0.717, 1.165) is 12.8 Å². The van der Waals surface area contributed by atoms with Crippen molar-refractivity contribution in [2.45, 2.75) is 12.8 Å². The van der Waals surface area contributed by atoms with Crippen molar-refractivity contribution in [2.75, 3.05) is 19.8 Å². The number of ketones is 1. The van der Waals surface area contributed by atoms with Gasteiger partial charge in [-0.05, 0) is 18.8 Å². The van der Waals surface area contributed by atoms with Gasteiger partial charge in [0.1, 0.15) is 5.78 Å². The van der Waals surface area contributed by atoms with Crippen molar-refractivity contribution in [1.82, 2.24) is 0 Å². The molecule has 1 heterocycles. The van der Waals surface area contributed by atoms with Gasteiger partial charge in [-0.3, -0.25) is 4.79 Å². The van der Waals surface area contributed by atoms with Gasteiger partial charge in [-0.25, -0.2) is 0 Å². The Balaban J connectivity index is 2.07. The zero-order valence-corrected chi connectivity index (χ0v) is 7.03. The van der Waals surface area contributed by atoms with E-state index in [2.05, 4.69) is 0 Å². The van der Waals surface area contributed by atoms with Crippen molar-refractivity contribution < 1.29 is 14.6 Å². The third kappa shape index (κ3) is 1.27. The van der Waals surface area contributed by atoms with Crippen molar-refractivity contribution in [1.29, 1.82) is 0 Å². The Hall–Kier alpha value is -0.410. The summed E-state index contributed by atoms with van der Waals surface area (Å²) in [6, 6.07) is 0. The van der Waals surface area contributed by atoms with Crippen LogP contribution in [-0.4, -0.2) is 30.7 Å². The molecule has 1 N–H and O–H groups in total. The number of rotatable bonds is 1. The van der Waals surface area contributed by atoms with Gasteiger partial charge in [0.25, 0.3) is 0 Å². The van der Waals surface area contributed by atoms with Crippen LogP contribution in [0, 0.1) is 17.8 Å². The number of ether oxygens (including phenoxy) is 1. The molecule has 12 heavy (non-hydrogen) atoms. The summed E-state index contributed by atoms with van der Waals surface area (Å²) in [5.74, 6) is 0.858. The Morgan fingerprint density at radius 1 is 1.33 bits per heavy atom. The van der Waals surface area contributed by atoms with E-state index in [9.17, 15) is 4.79 Å². The summed E-state index contributed by atoms with van der Waals surface area (Å²) in [4.78, 5) is 11.5. The molecule has 0 aromatic rings. The molecule has 0 radical (unpaired) electrons. The standard InChI is InChI=1S/C9H14O3/c10-3-6-1-7-4-12-5-8(2-6)9(7)11/h6-8,10H,1-5H2/t6?,7-,8+. The van der Waals surface area contributed by atoms with E-state index in [1.54, 1.807) is 0 Å². The van der Waals surface area contributed by atoms with Crippen molar-refractivity contribution in [3.63, 3.8) is 0 Å². The van der Waals surface area contributed by atoms with Gasteiger partial charge in [0.2, 0.25) is 0 Å². The van der Waals surface area contributed by atoms with Crippen LogP contribution in [0.4, 0.5) is 0 Å². The largest absolute Gasteiger partial charge is 0.396 e. The highest BCUT2D eigenvalue weighted by atomic mass is 16.5. The number of carbonyl (C=O) groups is 1. The fourth-order valence-corrected chi connectivity index (χ4v) is 2.27. The van der Waals surface area contributed by atoms with Gasteiger partial charge in [-0.2, -0.15) is 0 Å². The molecule has 2 rings (SSSR count). The summed E-state index contributed by atoms with van der Waals surface area (Å²) in [6.07, 6.45) is 1.65. The lowest BCUT2D eigenvalue weighted by molar-refractivity contribution is -0.144. The minimum atomic E-state index is 0.0784. The molecule has 2 aliphatic rings. The normalized spacial score (nSPS) is 41.4. The van der Waals surface area contributed by atoms with Gasteiger partial charge in [-0.15, -0.1) is 0 Å². The lowest BCUT2D eigenvalue weighted by atomic mass is 9.74. The fourth-order valence-electron chi connectivity index (χ4n) is 2.27. The van der Waals surface area contributed by atoms with Gasteiger partial charge >= 0.3 is 0 Å². The molecule has 3 heteroatoms. The van der Waals surface area contributed by atoms with E-state index in [1.807, 2.05) is 0 Å². The molecule has 0 spiro atoms. The van der Waals surface area contributed by atoms with Crippen LogP contribution < -0.4 is 0 Å². The van der Waals surface area contributed by atoms with Crippen LogP contribution in [0.3, 0.4) is 0 Å². The third-order valence-corrected chi connectivity index (χ3v) is 2.94. The first-order chi connectivity index (χ1) is 5.81. The van der Waals surface area contributed by atoms with Crippen LogP contribution >= 0.6 is 0 Å². The summed E-state index contributed by atoms with van der Waals surface area (Å²) in [7, 11) is 0. The zero-order valence-electron chi connectivity index (χ0n) is 7.03. The Kier molecular flexibility index (Phi) is 2.15. The number of fused-ring (bicyclic) bond motifs is 2.